The summed E-state index contributed by atoms with van der Waals surface area (Å²) in [7, 11) is 3.43. The summed E-state index contributed by atoms with van der Waals surface area (Å²) in [4.78, 5) is 36.3. The number of aromatic amines is 1. The zero-order valence-electron chi connectivity index (χ0n) is 17.7. The average molecular weight is 441 g/mol. The van der Waals surface area contributed by atoms with E-state index in [9.17, 15) is 9.59 Å². The van der Waals surface area contributed by atoms with Crippen molar-refractivity contribution in [1.82, 2.24) is 28.7 Å². The van der Waals surface area contributed by atoms with Gasteiger partial charge in [0.15, 0.2) is 16.3 Å². The van der Waals surface area contributed by atoms with Gasteiger partial charge in [0, 0.05) is 32.1 Å². The molecule has 31 heavy (non-hydrogen) atoms. The van der Waals surface area contributed by atoms with Crippen LogP contribution in [0.4, 0.5) is 0 Å². The Bertz CT molecular complexity index is 1330. The molecule has 1 aromatic carbocycles. The van der Waals surface area contributed by atoms with Crippen molar-refractivity contribution in [3.63, 3.8) is 0 Å². The van der Waals surface area contributed by atoms with E-state index in [4.69, 9.17) is 4.74 Å². The largest absolute Gasteiger partial charge is 0.497 e. The molecule has 0 bridgehead atoms. The van der Waals surface area contributed by atoms with Crippen LogP contribution in [0, 0.1) is 0 Å². The first-order valence-electron chi connectivity index (χ1n) is 10.0. The fraction of sp³-hybridized carbons (Fsp3) is 0.333. The standard InChI is InChI=1S/C21H24N6O3S/c1-4-5-10-27-18-17(19(28)24-20(27)29)25(2)16(23-18)13-31-21-22-9-11-26(21)14-7-6-8-15(12-14)30-3/h6-9,11-12H,4-5,10,13H2,1-3H3,(H,24,28,29). The Morgan fingerprint density at radius 1 is 1.26 bits per heavy atom. The van der Waals surface area contributed by atoms with Crippen molar-refractivity contribution in [1.29, 1.82) is 0 Å². The molecule has 0 fully saturated rings. The van der Waals surface area contributed by atoms with Crippen molar-refractivity contribution in [2.75, 3.05) is 7.11 Å². The minimum Gasteiger partial charge on any atom is -0.497 e. The normalized spacial score (nSPS) is 11.3. The van der Waals surface area contributed by atoms with Crippen LogP contribution in [0.15, 0.2) is 51.4 Å². The van der Waals surface area contributed by atoms with Gasteiger partial charge < -0.3 is 9.30 Å². The number of aromatic nitrogens is 6. The fourth-order valence-corrected chi connectivity index (χ4v) is 4.38. The van der Waals surface area contributed by atoms with Crippen LogP contribution in [0.5, 0.6) is 5.75 Å². The molecule has 3 aromatic heterocycles. The Kier molecular flexibility index (Phi) is 5.99. The molecule has 0 saturated heterocycles. The smallest absolute Gasteiger partial charge is 0.330 e. The van der Waals surface area contributed by atoms with Gasteiger partial charge in [0.2, 0.25) is 0 Å². The molecule has 162 valence electrons. The molecular weight excluding hydrogens is 416 g/mol. The van der Waals surface area contributed by atoms with E-state index >= 15 is 0 Å². The lowest BCUT2D eigenvalue weighted by atomic mass is 10.3. The van der Waals surface area contributed by atoms with Crippen LogP contribution in [0.2, 0.25) is 0 Å². The number of fused-ring (bicyclic) bond motifs is 1. The maximum absolute atomic E-state index is 12.4. The number of imidazole rings is 2. The maximum Gasteiger partial charge on any atom is 0.330 e. The Morgan fingerprint density at radius 3 is 2.87 bits per heavy atom. The third-order valence-electron chi connectivity index (χ3n) is 5.11. The highest BCUT2D eigenvalue weighted by Gasteiger charge is 2.17. The molecule has 0 atom stereocenters. The predicted molar refractivity (Wildman–Crippen MR) is 120 cm³/mol. The van der Waals surface area contributed by atoms with E-state index in [1.54, 1.807) is 29.5 Å². The van der Waals surface area contributed by atoms with Crippen molar-refractivity contribution in [2.24, 2.45) is 7.05 Å². The quantitative estimate of drug-likeness (QED) is 0.423. The van der Waals surface area contributed by atoms with Crippen LogP contribution in [0.1, 0.15) is 25.6 Å². The summed E-state index contributed by atoms with van der Waals surface area (Å²) >= 11 is 1.51. The third-order valence-corrected chi connectivity index (χ3v) is 6.07. The van der Waals surface area contributed by atoms with Gasteiger partial charge in [-0.1, -0.05) is 31.2 Å². The van der Waals surface area contributed by atoms with Crippen LogP contribution in [-0.2, 0) is 19.3 Å². The summed E-state index contributed by atoms with van der Waals surface area (Å²) < 4.78 is 10.6. The lowest BCUT2D eigenvalue weighted by Crippen LogP contribution is -2.31. The number of thioether (sulfide) groups is 1. The number of methoxy groups -OCH3 is 1. The highest BCUT2D eigenvalue weighted by molar-refractivity contribution is 7.98. The predicted octanol–water partition coefficient (Wildman–Crippen LogP) is 2.71. The average Bonchev–Trinajstić information content (AvgIpc) is 3.37. The summed E-state index contributed by atoms with van der Waals surface area (Å²) in [6.07, 6.45) is 5.40. The number of ether oxygens (including phenoxy) is 1. The molecular formula is C21H24N6O3S. The first kappa shape index (κ1) is 21.0. The molecule has 4 rings (SSSR count). The van der Waals surface area contributed by atoms with Crippen LogP contribution in [0.3, 0.4) is 0 Å². The number of benzene rings is 1. The lowest BCUT2D eigenvalue weighted by molar-refractivity contribution is 0.414. The molecule has 0 unspecified atom stereocenters. The monoisotopic (exact) mass is 440 g/mol. The van der Waals surface area contributed by atoms with Crippen LogP contribution in [0.25, 0.3) is 16.9 Å². The summed E-state index contributed by atoms with van der Waals surface area (Å²) in [6.45, 7) is 2.57. The summed E-state index contributed by atoms with van der Waals surface area (Å²) in [5.41, 5.74) is 0.932. The zero-order chi connectivity index (χ0) is 22.0. The minimum atomic E-state index is -0.420. The highest BCUT2D eigenvalue weighted by atomic mass is 32.2. The number of aryl methyl sites for hydroxylation is 2. The molecule has 0 aliphatic carbocycles. The van der Waals surface area contributed by atoms with Crippen molar-refractivity contribution >= 4 is 22.9 Å². The number of rotatable bonds is 8. The lowest BCUT2D eigenvalue weighted by Gasteiger charge is -2.09. The van der Waals surface area contributed by atoms with Gasteiger partial charge in [-0.05, 0) is 18.6 Å². The van der Waals surface area contributed by atoms with E-state index in [2.05, 4.69) is 21.9 Å². The van der Waals surface area contributed by atoms with Gasteiger partial charge in [-0.25, -0.2) is 14.8 Å². The van der Waals surface area contributed by atoms with Crippen molar-refractivity contribution in [3.05, 3.63) is 63.3 Å². The van der Waals surface area contributed by atoms with Gasteiger partial charge in [-0.2, -0.15) is 0 Å². The summed E-state index contributed by atoms with van der Waals surface area (Å²) in [6, 6.07) is 7.74. The van der Waals surface area contributed by atoms with Gasteiger partial charge >= 0.3 is 5.69 Å². The first-order valence-corrected chi connectivity index (χ1v) is 11.0. The second kappa shape index (κ2) is 8.84. The molecule has 10 heteroatoms. The first-order chi connectivity index (χ1) is 15.0. The van der Waals surface area contributed by atoms with Crippen molar-refractivity contribution < 1.29 is 4.74 Å². The van der Waals surface area contributed by atoms with E-state index in [1.165, 1.54) is 11.8 Å². The number of nitrogens with zero attached hydrogens (tertiary/aromatic N) is 5. The molecule has 4 aromatic rings. The zero-order valence-corrected chi connectivity index (χ0v) is 18.5. The van der Waals surface area contributed by atoms with Gasteiger partial charge in [0.1, 0.15) is 11.6 Å². The SMILES string of the molecule is CCCCn1c(=O)[nH]c(=O)c2c1nc(CSc1nccn1-c1cccc(OC)c1)n2C. The van der Waals surface area contributed by atoms with Crippen LogP contribution >= 0.6 is 11.8 Å². The topological polar surface area (TPSA) is 99.7 Å². The summed E-state index contributed by atoms with van der Waals surface area (Å²) in [5.74, 6) is 1.96. The van der Waals surface area contributed by atoms with Gasteiger partial charge in [-0.15, -0.1) is 0 Å². The van der Waals surface area contributed by atoms with E-state index < -0.39 is 11.2 Å². The number of unbranched alkanes of at least 4 members (excludes halogenated alkanes) is 1. The Morgan fingerprint density at radius 2 is 2.10 bits per heavy atom. The van der Waals surface area contributed by atoms with Crippen molar-refractivity contribution in [2.45, 2.75) is 37.2 Å². The maximum atomic E-state index is 12.4. The second-order valence-corrected chi connectivity index (χ2v) is 8.04. The van der Waals surface area contributed by atoms with E-state index in [0.29, 0.717) is 29.3 Å². The van der Waals surface area contributed by atoms with Gasteiger partial charge in [0.05, 0.1) is 18.6 Å². The number of hydrogen-bond acceptors (Lipinski definition) is 6. The van der Waals surface area contributed by atoms with E-state index in [1.807, 2.05) is 35.0 Å². The molecule has 0 aliphatic rings. The van der Waals surface area contributed by atoms with Crippen LogP contribution < -0.4 is 16.0 Å². The summed E-state index contributed by atoms with van der Waals surface area (Å²) in [5, 5.41) is 0.789. The molecule has 1 N–H and O–H groups in total. The molecule has 0 amide bonds. The van der Waals surface area contributed by atoms with Crippen molar-refractivity contribution in [3.8, 4) is 11.4 Å². The van der Waals surface area contributed by atoms with Gasteiger partial charge in [0.25, 0.3) is 5.56 Å². The Balaban J connectivity index is 1.66. The molecule has 0 radical (unpaired) electrons. The number of nitrogens with one attached hydrogen (secondary N) is 1. The molecule has 3 heterocycles. The molecule has 0 saturated carbocycles. The highest BCUT2D eigenvalue weighted by Crippen LogP contribution is 2.26. The second-order valence-electron chi connectivity index (χ2n) is 7.09. The Hall–Kier alpha value is -3.27. The molecule has 0 spiro atoms. The van der Waals surface area contributed by atoms with Crippen LogP contribution in [-0.4, -0.2) is 35.8 Å². The minimum absolute atomic E-state index is 0.405. The number of H-pyrrole nitrogens is 1. The fourth-order valence-electron chi connectivity index (χ4n) is 3.43. The number of hydrogen-bond donors (Lipinski definition) is 1. The van der Waals surface area contributed by atoms with E-state index in [-0.39, 0.29) is 0 Å². The van der Waals surface area contributed by atoms with Gasteiger partial charge in [-0.3, -0.25) is 18.9 Å². The molecule has 9 nitrogen and oxygen atoms in total. The van der Waals surface area contributed by atoms with E-state index in [0.717, 1.165) is 29.4 Å². The molecule has 0 aliphatic heterocycles. The third kappa shape index (κ3) is 4.02. The Labute approximate surface area is 182 Å².